The second-order valence-corrected chi connectivity index (χ2v) is 5.34. The summed E-state index contributed by atoms with van der Waals surface area (Å²) in [4.78, 5) is 0. The van der Waals surface area contributed by atoms with Gasteiger partial charge in [0.05, 0.1) is 0 Å². The number of hydrogen-bond acceptors (Lipinski definition) is 1. The van der Waals surface area contributed by atoms with Crippen LogP contribution in [0.4, 0.5) is 0 Å². The Balaban J connectivity index is 1.59. The first kappa shape index (κ1) is 15.1. The molecule has 0 saturated heterocycles. The first-order chi connectivity index (χ1) is 9.88. The lowest BCUT2D eigenvalue weighted by atomic mass is 10.1. The molecule has 0 fully saturated rings. The summed E-state index contributed by atoms with van der Waals surface area (Å²) in [6.07, 6.45) is 3.62. The van der Waals surface area contributed by atoms with E-state index in [1.54, 1.807) is 0 Å². The van der Waals surface area contributed by atoms with E-state index in [0.29, 0.717) is 5.88 Å². The largest absolute Gasteiger partial charge is 0.313 e. The summed E-state index contributed by atoms with van der Waals surface area (Å²) in [7, 11) is 0. The molecule has 0 aromatic heterocycles. The number of rotatable bonds is 8. The molecule has 2 heteroatoms. The van der Waals surface area contributed by atoms with Crippen molar-refractivity contribution in [3.8, 4) is 0 Å². The normalized spacial score (nSPS) is 10.7. The highest BCUT2D eigenvalue weighted by Gasteiger charge is 1.96. The second kappa shape index (κ2) is 8.78. The zero-order valence-corrected chi connectivity index (χ0v) is 12.6. The van der Waals surface area contributed by atoms with Crippen LogP contribution >= 0.6 is 11.6 Å². The van der Waals surface area contributed by atoms with Gasteiger partial charge in [-0.2, -0.15) is 0 Å². The maximum absolute atomic E-state index is 5.84. The summed E-state index contributed by atoms with van der Waals surface area (Å²) in [5, 5.41) is 3.50. The number of benzene rings is 2. The Morgan fingerprint density at radius 1 is 0.800 bits per heavy atom. The molecular weight excluding hydrogens is 266 g/mol. The fourth-order valence-electron chi connectivity index (χ4n) is 2.28. The van der Waals surface area contributed by atoms with Gasteiger partial charge in [-0.15, -0.1) is 11.6 Å². The average Bonchev–Trinajstić information content (AvgIpc) is 2.52. The molecule has 2 rings (SSSR count). The standard InChI is InChI=1S/C18H22ClN/c19-14-17-10-6-11-18(13-17)15-20-12-5-4-9-16-7-2-1-3-8-16/h1-3,6-8,10-11,13,20H,4-5,9,12,14-15H2. The molecule has 0 aliphatic carbocycles. The SMILES string of the molecule is ClCc1cccc(CNCCCCc2ccccc2)c1. The van der Waals surface area contributed by atoms with Crippen LogP contribution in [0.5, 0.6) is 0 Å². The molecule has 1 N–H and O–H groups in total. The van der Waals surface area contributed by atoms with Crippen LogP contribution in [0, 0.1) is 0 Å². The van der Waals surface area contributed by atoms with Crippen LogP contribution in [-0.2, 0) is 18.8 Å². The molecule has 0 radical (unpaired) electrons. The molecule has 0 aliphatic rings. The first-order valence-electron chi connectivity index (χ1n) is 7.27. The molecule has 0 heterocycles. The Hall–Kier alpha value is -1.31. The molecule has 20 heavy (non-hydrogen) atoms. The monoisotopic (exact) mass is 287 g/mol. The molecule has 2 aromatic carbocycles. The summed E-state index contributed by atoms with van der Waals surface area (Å²) in [6.45, 7) is 1.99. The summed E-state index contributed by atoms with van der Waals surface area (Å²) >= 11 is 5.84. The molecule has 0 unspecified atom stereocenters. The van der Waals surface area contributed by atoms with E-state index in [4.69, 9.17) is 11.6 Å². The molecule has 0 bridgehead atoms. The molecule has 0 spiro atoms. The number of nitrogens with one attached hydrogen (secondary N) is 1. The fourth-order valence-corrected chi connectivity index (χ4v) is 2.45. The molecule has 0 atom stereocenters. The van der Waals surface area contributed by atoms with Crippen molar-refractivity contribution < 1.29 is 0 Å². The van der Waals surface area contributed by atoms with Crippen molar-refractivity contribution in [1.82, 2.24) is 5.32 Å². The van der Waals surface area contributed by atoms with E-state index in [2.05, 4.69) is 59.9 Å². The number of halogens is 1. The van der Waals surface area contributed by atoms with Crippen LogP contribution in [0.25, 0.3) is 0 Å². The van der Waals surface area contributed by atoms with Gasteiger partial charge in [-0.25, -0.2) is 0 Å². The molecule has 2 aromatic rings. The van der Waals surface area contributed by atoms with E-state index >= 15 is 0 Å². The minimum atomic E-state index is 0.588. The van der Waals surface area contributed by atoms with Gasteiger partial charge in [-0.1, -0.05) is 54.6 Å². The van der Waals surface area contributed by atoms with Gasteiger partial charge in [-0.3, -0.25) is 0 Å². The Morgan fingerprint density at radius 3 is 2.35 bits per heavy atom. The van der Waals surface area contributed by atoms with Gasteiger partial charge in [0.2, 0.25) is 0 Å². The number of hydrogen-bond donors (Lipinski definition) is 1. The molecule has 0 amide bonds. The smallest absolute Gasteiger partial charge is 0.0474 e. The third-order valence-electron chi connectivity index (χ3n) is 3.39. The van der Waals surface area contributed by atoms with Crippen LogP contribution in [0.3, 0.4) is 0 Å². The van der Waals surface area contributed by atoms with Crippen molar-refractivity contribution in [2.24, 2.45) is 0 Å². The third-order valence-corrected chi connectivity index (χ3v) is 3.70. The second-order valence-electron chi connectivity index (χ2n) is 5.07. The van der Waals surface area contributed by atoms with Gasteiger partial charge < -0.3 is 5.32 Å². The first-order valence-corrected chi connectivity index (χ1v) is 7.80. The number of aryl methyl sites for hydroxylation is 1. The Bertz CT molecular complexity index is 496. The maximum Gasteiger partial charge on any atom is 0.0474 e. The minimum Gasteiger partial charge on any atom is -0.313 e. The van der Waals surface area contributed by atoms with E-state index < -0.39 is 0 Å². The van der Waals surface area contributed by atoms with Gasteiger partial charge in [0.25, 0.3) is 0 Å². The van der Waals surface area contributed by atoms with Gasteiger partial charge in [0.1, 0.15) is 0 Å². The van der Waals surface area contributed by atoms with Crippen molar-refractivity contribution in [2.75, 3.05) is 6.54 Å². The molecule has 1 nitrogen and oxygen atoms in total. The molecular formula is C18H22ClN. The zero-order chi connectivity index (χ0) is 14.0. The Morgan fingerprint density at radius 2 is 1.55 bits per heavy atom. The maximum atomic E-state index is 5.84. The van der Waals surface area contributed by atoms with E-state index in [-0.39, 0.29) is 0 Å². The van der Waals surface area contributed by atoms with E-state index in [1.165, 1.54) is 36.0 Å². The van der Waals surface area contributed by atoms with Crippen molar-refractivity contribution in [3.63, 3.8) is 0 Å². The lowest BCUT2D eigenvalue weighted by molar-refractivity contribution is 0.622. The topological polar surface area (TPSA) is 12.0 Å². The highest BCUT2D eigenvalue weighted by atomic mass is 35.5. The molecule has 0 aliphatic heterocycles. The predicted octanol–water partition coefficient (Wildman–Crippen LogP) is 4.54. The number of alkyl halides is 1. The van der Waals surface area contributed by atoms with Crippen LogP contribution in [0.15, 0.2) is 54.6 Å². The minimum absolute atomic E-state index is 0.588. The van der Waals surface area contributed by atoms with Gasteiger partial charge >= 0.3 is 0 Å². The van der Waals surface area contributed by atoms with Crippen LogP contribution in [-0.4, -0.2) is 6.54 Å². The lowest BCUT2D eigenvalue weighted by Crippen LogP contribution is -2.14. The van der Waals surface area contributed by atoms with E-state index in [1.807, 2.05) is 0 Å². The van der Waals surface area contributed by atoms with Crippen LogP contribution in [0.1, 0.15) is 29.5 Å². The summed E-state index contributed by atoms with van der Waals surface area (Å²) < 4.78 is 0. The lowest BCUT2D eigenvalue weighted by Gasteiger charge is -2.06. The van der Waals surface area contributed by atoms with Gasteiger partial charge in [0, 0.05) is 12.4 Å². The predicted molar refractivity (Wildman–Crippen MR) is 87.1 cm³/mol. The third kappa shape index (κ3) is 5.36. The fraction of sp³-hybridized carbons (Fsp3) is 0.333. The highest BCUT2D eigenvalue weighted by molar-refractivity contribution is 6.17. The van der Waals surface area contributed by atoms with Crippen molar-refractivity contribution in [3.05, 3.63) is 71.3 Å². The van der Waals surface area contributed by atoms with Crippen molar-refractivity contribution in [2.45, 2.75) is 31.7 Å². The Kier molecular flexibility index (Phi) is 6.62. The Labute approximate surface area is 127 Å². The highest BCUT2D eigenvalue weighted by Crippen LogP contribution is 2.08. The van der Waals surface area contributed by atoms with Crippen LogP contribution in [0.2, 0.25) is 0 Å². The molecule has 0 saturated carbocycles. The number of unbranched alkanes of at least 4 members (excludes halogenated alkanes) is 1. The quantitative estimate of drug-likeness (QED) is 0.555. The average molecular weight is 288 g/mol. The van der Waals surface area contributed by atoms with Crippen molar-refractivity contribution >= 4 is 11.6 Å². The summed E-state index contributed by atoms with van der Waals surface area (Å²) in [5.41, 5.74) is 3.93. The van der Waals surface area contributed by atoms with E-state index in [0.717, 1.165) is 13.1 Å². The van der Waals surface area contributed by atoms with Crippen LogP contribution < -0.4 is 5.32 Å². The van der Waals surface area contributed by atoms with Gasteiger partial charge in [-0.05, 0) is 42.5 Å². The summed E-state index contributed by atoms with van der Waals surface area (Å²) in [6, 6.07) is 19.1. The van der Waals surface area contributed by atoms with E-state index in [9.17, 15) is 0 Å². The molecule has 106 valence electrons. The van der Waals surface area contributed by atoms with Crippen molar-refractivity contribution in [1.29, 1.82) is 0 Å². The zero-order valence-electron chi connectivity index (χ0n) is 11.8. The summed E-state index contributed by atoms with van der Waals surface area (Å²) in [5.74, 6) is 0.588. The van der Waals surface area contributed by atoms with Gasteiger partial charge in [0.15, 0.2) is 0 Å².